The molecule has 1 N–H and O–H groups in total. The maximum Gasteiger partial charge on any atom is 0.194 e. The molecule has 0 aromatic heterocycles. The monoisotopic (exact) mass is 485 g/mol. The largest absolute Gasteiger partial charge is 0.381 e. The minimum Gasteiger partial charge on any atom is -0.381 e. The number of nitrogens with zero attached hydrogens (tertiary/aromatic N) is 2. The van der Waals surface area contributed by atoms with Gasteiger partial charge in [-0.2, -0.15) is 0 Å². The average Bonchev–Trinajstić information content (AvgIpc) is 2.65. The van der Waals surface area contributed by atoms with Crippen LogP contribution in [0.2, 0.25) is 0 Å². The fraction of sp³-hybridized carbons (Fsp3) is 0.682. The minimum absolute atomic E-state index is 0. The molecule has 0 aliphatic carbocycles. The third-order valence-corrected chi connectivity index (χ3v) is 6.84. The first-order chi connectivity index (χ1) is 12.3. The maximum atomic E-state index is 5.67. The van der Waals surface area contributed by atoms with Gasteiger partial charge in [0.2, 0.25) is 0 Å². The summed E-state index contributed by atoms with van der Waals surface area (Å²) < 4.78 is 5.67. The van der Waals surface area contributed by atoms with E-state index in [0.29, 0.717) is 5.41 Å². The highest BCUT2D eigenvalue weighted by molar-refractivity contribution is 14.0. The molecule has 0 saturated carbocycles. The molecule has 2 heterocycles. The van der Waals surface area contributed by atoms with E-state index in [2.05, 4.69) is 75.2 Å². The van der Waals surface area contributed by atoms with E-state index in [1.54, 1.807) is 0 Å². The van der Waals surface area contributed by atoms with Crippen LogP contribution in [0.1, 0.15) is 53.0 Å². The molecule has 5 heteroatoms. The molecule has 2 aliphatic rings. The first-order valence-electron chi connectivity index (χ1n) is 10.0. The summed E-state index contributed by atoms with van der Waals surface area (Å²) in [6, 6.07) is 10.9. The Kier molecular flexibility index (Phi) is 7.22. The Morgan fingerprint density at radius 1 is 1.11 bits per heavy atom. The third kappa shape index (κ3) is 4.29. The molecular weight excluding hydrogens is 449 g/mol. The first-order valence-corrected chi connectivity index (χ1v) is 10.0. The van der Waals surface area contributed by atoms with Crippen LogP contribution in [-0.2, 0) is 10.2 Å². The molecule has 0 spiro atoms. The normalized spacial score (nSPS) is 23.1. The predicted octanol–water partition coefficient (Wildman–Crippen LogP) is 4.44. The summed E-state index contributed by atoms with van der Waals surface area (Å²) in [6.07, 6.45) is 2.07. The third-order valence-electron chi connectivity index (χ3n) is 6.84. The highest BCUT2D eigenvalue weighted by atomic mass is 127. The Morgan fingerprint density at radius 3 is 2.26 bits per heavy atom. The number of aliphatic imine (C=N–C) groups is 1. The van der Waals surface area contributed by atoms with Crippen molar-refractivity contribution in [2.45, 2.75) is 58.4 Å². The number of likely N-dealkylation sites (tertiary alicyclic amines) is 1. The van der Waals surface area contributed by atoms with E-state index in [-0.39, 0.29) is 34.9 Å². The Labute approximate surface area is 182 Å². The van der Waals surface area contributed by atoms with Crippen LogP contribution in [0.3, 0.4) is 0 Å². The Hall–Kier alpha value is -0.820. The van der Waals surface area contributed by atoms with Gasteiger partial charge in [0.05, 0.1) is 6.54 Å². The van der Waals surface area contributed by atoms with Gasteiger partial charge in [-0.3, -0.25) is 4.99 Å². The topological polar surface area (TPSA) is 36.9 Å². The van der Waals surface area contributed by atoms with E-state index in [4.69, 9.17) is 9.73 Å². The van der Waals surface area contributed by atoms with Crippen molar-refractivity contribution in [2.24, 2.45) is 10.4 Å². The summed E-state index contributed by atoms with van der Waals surface area (Å²) in [7, 11) is 0. The van der Waals surface area contributed by atoms with Crippen LogP contribution in [0.25, 0.3) is 0 Å². The highest BCUT2D eigenvalue weighted by Gasteiger charge is 2.53. The fourth-order valence-corrected chi connectivity index (χ4v) is 4.11. The predicted molar refractivity (Wildman–Crippen MR) is 124 cm³/mol. The van der Waals surface area contributed by atoms with Gasteiger partial charge in [-0.15, -0.1) is 24.0 Å². The van der Waals surface area contributed by atoms with Gasteiger partial charge >= 0.3 is 0 Å². The number of hydrogen-bond acceptors (Lipinski definition) is 2. The summed E-state index contributed by atoms with van der Waals surface area (Å²) in [5.74, 6) is 1.05. The zero-order chi connectivity index (χ0) is 18.8. The molecular formula is C22H36IN3O. The summed E-state index contributed by atoms with van der Waals surface area (Å²) >= 11 is 0. The van der Waals surface area contributed by atoms with Crippen LogP contribution in [-0.4, -0.2) is 49.2 Å². The second-order valence-corrected chi connectivity index (χ2v) is 8.96. The molecule has 27 heavy (non-hydrogen) atoms. The van der Waals surface area contributed by atoms with Crippen molar-refractivity contribution in [3.8, 4) is 0 Å². The van der Waals surface area contributed by atoms with E-state index in [1.165, 1.54) is 5.56 Å². The summed E-state index contributed by atoms with van der Waals surface area (Å²) in [4.78, 5) is 7.58. The highest BCUT2D eigenvalue weighted by Crippen LogP contribution is 2.46. The van der Waals surface area contributed by atoms with Crippen LogP contribution in [0.5, 0.6) is 0 Å². The molecule has 2 aliphatic heterocycles. The van der Waals surface area contributed by atoms with Crippen molar-refractivity contribution >= 4 is 29.9 Å². The van der Waals surface area contributed by atoms with Gasteiger partial charge in [0.1, 0.15) is 0 Å². The Balaban J connectivity index is 0.00000261. The number of ether oxygens (including phenoxy) is 1. The van der Waals surface area contributed by atoms with E-state index in [0.717, 1.165) is 51.6 Å². The number of guanidine groups is 1. The van der Waals surface area contributed by atoms with E-state index in [1.807, 2.05) is 0 Å². The van der Waals surface area contributed by atoms with Crippen molar-refractivity contribution < 1.29 is 4.74 Å². The lowest BCUT2D eigenvalue weighted by atomic mass is 9.65. The second-order valence-electron chi connectivity index (χ2n) is 8.96. The van der Waals surface area contributed by atoms with Crippen molar-refractivity contribution in [1.82, 2.24) is 10.2 Å². The van der Waals surface area contributed by atoms with Crippen molar-refractivity contribution in [3.05, 3.63) is 35.9 Å². The lowest BCUT2D eigenvalue weighted by Gasteiger charge is -2.62. The molecule has 0 radical (unpaired) electrons. The van der Waals surface area contributed by atoms with Crippen LogP contribution >= 0.6 is 24.0 Å². The minimum atomic E-state index is 0. The summed E-state index contributed by atoms with van der Waals surface area (Å²) in [5.41, 5.74) is 1.90. The lowest BCUT2D eigenvalue weighted by Crippen LogP contribution is -2.72. The first kappa shape index (κ1) is 22.5. The zero-order valence-corrected chi connectivity index (χ0v) is 19.9. The molecule has 2 fully saturated rings. The van der Waals surface area contributed by atoms with Crippen molar-refractivity contribution in [2.75, 3.05) is 32.8 Å². The Bertz CT molecular complexity index is 636. The SMILES string of the molecule is CCNC(=NCC1(c2ccccc2)CCOCC1)N1CC(C)(C)C1(C)C.I. The van der Waals surface area contributed by atoms with E-state index < -0.39 is 0 Å². The molecule has 1 aromatic carbocycles. The van der Waals surface area contributed by atoms with Gasteiger partial charge < -0.3 is 15.0 Å². The molecule has 0 bridgehead atoms. The van der Waals surface area contributed by atoms with Crippen LogP contribution in [0.4, 0.5) is 0 Å². The van der Waals surface area contributed by atoms with Crippen LogP contribution < -0.4 is 5.32 Å². The number of benzene rings is 1. The lowest BCUT2D eigenvalue weighted by molar-refractivity contribution is -0.0669. The summed E-state index contributed by atoms with van der Waals surface area (Å²) in [6.45, 7) is 15.9. The van der Waals surface area contributed by atoms with Crippen LogP contribution in [0, 0.1) is 5.41 Å². The molecule has 4 nitrogen and oxygen atoms in total. The molecule has 0 atom stereocenters. The fourth-order valence-electron chi connectivity index (χ4n) is 4.11. The number of rotatable bonds is 4. The Morgan fingerprint density at radius 2 is 1.74 bits per heavy atom. The standard InChI is InChI=1S/C22H35N3O.HI/c1-6-23-19(25-17-20(2,3)21(25,4)5)24-16-22(12-14-26-15-13-22)18-10-8-7-9-11-18;/h7-11H,6,12-17H2,1-5H3,(H,23,24);1H. The summed E-state index contributed by atoms with van der Waals surface area (Å²) in [5, 5.41) is 3.53. The van der Waals surface area contributed by atoms with Gasteiger partial charge in [0.15, 0.2) is 5.96 Å². The molecule has 0 amide bonds. The number of nitrogens with one attached hydrogen (secondary N) is 1. The van der Waals surface area contributed by atoms with E-state index in [9.17, 15) is 0 Å². The van der Waals surface area contributed by atoms with E-state index >= 15 is 0 Å². The quantitative estimate of drug-likeness (QED) is 0.389. The van der Waals surface area contributed by atoms with Gasteiger partial charge in [-0.1, -0.05) is 44.2 Å². The van der Waals surface area contributed by atoms with Gasteiger partial charge in [-0.05, 0) is 39.2 Å². The van der Waals surface area contributed by atoms with Crippen molar-refractivity contribution in [3.63, 3.8) is 0 Å². The average molecular weight is 485 g/mol. The number of halogens is 1. The smallest absolute Gasteiger partial charge is 0.194 e. The van der Waals surface area contributed by atoms with Crippen LogP contribution in [0.15, 0.2) is 35.3 Å². The van der Waals surface area contributed by atoms with Gasteiger partial charge in [0, 0.05) is 42.7 Å². The molecule has 1 aromatic rings. The molecule has 3 rings (SSSR count). The molecule has 2 saturated heterocycles. The van der Waals surface area contributed by atoms with Gasteiger partial charge in [-0.25, -0.2) is 0 Å². The molecule has 0 unspecified atom stereocenters. The second kappa shape index (κ2) is 8.68. The van der Waals surface area contributed by atoms with Crippen molar-refractivity contribution in [1.29, 1.82) is 0 Å². The number of hydrogen-bond donors (Lipinski definition) is 1. The molecule has 152 valence electrons. The zero-order valence-electron chi connectivity index (χ0n) is 17.5. The maximum absolute atomic E-state index is 5.67. The van der Waals surface area contributed by atoms with Gasteiger partial charge in [0.25, 0.3) is 0 Å².